The van der Waals surface area contributed by atoms with Crippen LogP contribution >= 0.6 is 0 Å². The number of carbonyl (C=O) groups excluding carboxylic acids is 1. The van der Waals surface area contributed by atoms with Crippen LogP contribution in [-0.2, 0) is 6.54 Å². The lowest BCUT2D eigenvalue weighted by atomic mass is 10.1. The summed E-state index contributed by atoms with van der Waals surface area (Å²) >= 11 is 0. The lowest BCUT2D eigenvalue weighted by Crippen LogP contribution is -2.67. The summed E-state index contributed by atoms with van der Waals surface area (Å²) in [6.45, 7) is 2.95. The zero-order valence-electron chi connectivity index (χ0n) is 18.3. The molecule has 9 heteroatoms. The first-order chi connectivity index (χ1) is 15.7. The summed E-state index contributed by atoms with van der Waals surface area (Å²) in [6, 6.07) is 10.1. The SMILES string of the molecule is CCCCCC1NC2=CNC(=O)N3C(CCCn4cc(-c5ccccc5)cn4)=NNC23N1. The number of benzene rings is 1. The highest BCUT2D eigenvalue weighted by Gasteiger charge is 2.56. The van der Waals surface area contributed by atoms with E-state index in [0.717, 1.165) is 48.5 Å². The highest BCUT2D eigenvalue weighted by molar-refractivity contribution is 6.01. The van der Waals surface area contributed by atoms with E-state index in [9.17, 15) is 4.79 Å². The second-order valence-electron chi connectivity index (χ2n) is 8.49. The normalized spacial score (nSPS) is 23.6. The van der Waals surface area contributed by atoms with Crippen molar-refractivity contribution in [2.45, 2.75) is 63.9 Å². The van der Waals surface area contributed by atoms with Crippen LogP contribution in [0.5, 0.6) is 0 Å². The maximum absolute atomic E-state index is 12.7. The fraction of sp³-hybridized carbons (Fsp3) is 0.435. The third-order valence-corrected chi connectivity index (χ3v) is 6.21. The smallest absolute Gasteiger partial charge is 0.330 e. The summed E-state index contributed by atoms with van der Waals surface area (Å²) in [7, 11) is 0. The van der Waals surface area contributed by atoms with Gasteiger partial charge in [-0.15, -0.1) is 0 Å². The highest BCUT2D eigenvalue weighted by atomic mass is 16.2. The monoisotopic (exact) mass is 434 g/mol. The number of amidine groups is 1. The number of amides is 2. The molecule has 4 N–H and O–H groups in total. The summed E-state index contributed by atoms with van der Waals surface area (Å²) in [5.74, 6) is -0.0761. The predicted octanol–water partition coefficient (Wildman–Crippen LogP) is 2.87. The van der Waals surface area contributed by atoms with E-state index >= 15 is 0 Å². The zero-order chi connectivity index (χ0) is 22.0. The van der Waals surface area contributed by atoms with Crippen LogP contribution in [0.25, 0.3) is 11.1 Å². The Morgan fingerprint density at radius 2 is 2.00 bits per heavy atom. The number of aromatic nitrogens is 2. The molecule has 2 amide bonds. The number of aryl methyl sites for hydroxylation is 1. The van der Waals surface area contributed by atoms with Gasteiger partial charge in [0.2, 0.25) is 5.79 Å². The molecule has 0 saturated carbocycles. The minimum Gasteiger partial charge on any atom is -0.367 e. The molecule has 3 aliphatic rings. The third kappa shape index (κ3) is 3.73. The lowest BCUT2D eigenvalue weighted by molar-refractivity contribution is 0.154. The molecule has 3 aliphatic heterocycles. The summed E-state index contributed by atoms with van der Waals surface area (Å²) in [5, 5.41) is 18.9. The Balaban J connectivity index is 1.21. The molecular weight excluding hydrogens is 404 g/mol. The van der Waals surface area contributed by atoms with Gasteiger partial charge in [-0.25, -0.2) is 9.69 Å². The number of hydrogen-bond donors (Lipinski definition) is 4. The molecule has 0 aliphatic carbocycles. The molecule has 1 aromatic carbocycles. The van der Waals surface area contributed by atoms with Gasteiger partial charge in [-0.3, -0.25) is 15.4 Å². The van der Waals surface area contributed by atoms with Crippen LogP contribution in [0.3, 0.4) is 0 Å². The number of urea groups is 1. The van der Waals surface area contributed by atoms with Crippen molar-refractivity contribution in [1.82, 2.24) is 36.1 Å². The van der Waals surface area contributed by atoms with E-state index in [1.807, 2.05) is 29.1 Å². The van der Waals surface area contributed by atoms with E-state index in [1.165, 1.54) is 12.8 Å². The van der Waals surface area contributed by atoms with Crippen LogP contribution in [0.4, 0.5) is 4.79 Å². The van der Waals surface area contributed by atoms with E-state index in [-0.39, 0.29) is 12.2 Å². The molecule has 1 spiro atoms. The molecule has 2 atom stereocenters. The summed E-state index contributed by atoms with van der Waals surface area (Å²) < 4.78 is 1.95. The minimum atomic E-state index is -0.805. The average molecular weight is 435 g/mol. The van der Waals surface area contributed by atoms with E-state index in [1.54, 1.807) is 11.1 Å². The Bertz CT molecular complexity index is 1030. The van der Waals surface area contributed by atoms with Crippen molar-refractivity contribution in [3.63, 3.8) is 0 Å². The van der Waals surface area contributed by atoms with Crippen molar-refractivity contribution in [1.29, 1.82) is 0 Å². The van der Waals surface area contributed by atoms with Gasteiger partial charge in [0, 0.05) is 30.9 Å². The van der Waals surface area contributed by atoms with Gasteiger partial charge in [0.25, 0.3) is 0 Å². The Labute approximate surface area is 187 Å². The molecule has 1 aromatic heterocycles. The summed E-state index contributed by atoms with van der Waals surface area (Å²) in [5.41, 5.74) is 6.35. The van der Waals surface area contributed by atoms with Crippen molar-refractivity contribution in [3.05, 3.63) is 54.6 Å². The van der Waals surface area contributed by atoms with E-state index in [4.69, 9.17) is 0 Å². The number of hydrazone groups is 1. The molecule has 32 heavy (non-hydrogen) atoms. The van der Waals surface area contributed by atoms with Crippen LogP contribution in [0, 0.1) is 0 Å². The molecule has 0 bridgehead atoms. The maximum atomic E-state index is 12.7. The number of unbranched alkanes of at least 4 members (excludes halogenated alkanes) is 2. The number of carbonyl (C=O) groups is 1. The van der Waals surface area contributed by atoms with Gasteiger partial charge in [0.15, 0.2) is 0 Å². The first kappa shape index (κ1) is 20.6. The van der Waals surface area contributed by atoms with E-state index < -0.39 is 5.79 Å². The molecule has 5 rings (SSSR count). The van der Waals surface area contributed by atoms with Gasteiger partial charge in [-0.1, -0.05) is 56.5 Å². The van der Waals surface area contributed by atoms with E-state index in [2.05, 4.69) is 56.8 Å². The molecule has 4 heterocycles. The van der Waals surface area contributed by atoms with E-state index in [0.29, 0.717) is 6.42 Å². The second kappa shape index (κ2) is 8.66. The molecule has 1 fully saturated rings. The van der Waals surface area contributed by atoms with Crippen molar-refractivity contribution < 1.29 is 4.79 Å². The number of rotatable bonds is 9. The Hall–Kier alpha value is -3.33. The van der Waals surface area contributed by atoms with Gasteiger partial charge >= 0.3 is 6.03 Å². The van der Waals surface area contributed by atoms with Crippen molar-refractivity contribution in [3.8, 4) is 11.1 Å². The lowest BCUT2D eigenvalue weighted by Gasteiger charge is -2.37. The zero-order valence-corrected chi connectivity index (χ0v) is 18.3. The van der Waals surface area contributed by atoms with Crippen molar-refractivity contribution in [2.24, 2.45) is 5.10 Å². The van der Waals surface area contributed by atoms with Gasteiger partial charge in [-0.05, 0) is 18.4 Å². The van der Waals surface area contributed by atoms with Crippen molar-refractivity contribution in [2.75, 3.05) is 0 Å². The Morgan fingerprint density at radius 3 is 2.84 bits per heavy atom. The fourth-order valence-corrected chi connectivity index (χ4v) is 4.56. The van der Waals surface area contributed by atoms with Crippen molar-refractivity contribution >= 4 is 11.9 Å². The van der Waals surface area contributed by atoms with Crippen LogP contribution < -0.4 is 21.4 Å². The van der Waals surface area contributed by atoms with Gasteiger partial charge in [0.1, 0.15) is 5.84 Å². The maximum Gasteiger partial charge on any atom is 0.330 e. The molecule has 1 saturated heterocycles. The number of nitrogens with one attached hydrogen (secondary N) is 4. The van der Waals surface area contributed by atoms with Crippen LogP contribution in [0.1, 0.15) is 45.4 Å². The highest BCUT2D eigenvalue weighted by Crippen LogP contribution is 2.32. The molecule has 0 radical (unpaired) electrons. The topological polar surface area (TPSA) is 98.6 Å². The summed E-state index contributed by atoms with van der Waals surface area (Å²) in [6.07, 6.45) is 11.8. The molecule has 168 valence electrons. The molecule has 9 nitrogen and oxygen atoms in total. The second-order valence-corrected chi connectivity index (χ2v) is 8.49. The van der Waals surface area contributed by atoms with Gasteiger partial charge in [-0.2, -0.15) is 10.2 Å². The van der Waals surface area contributed by atoms with Gasteiger partial charge < -0.3 is 10.6 Å². The summed E-state index contributed by atoms with van der Waals surface area (Å²) in [4.78, 5) is 14.5. The first-order valence-electron chi connectivity index (χ1n) is 11.5. The predicted molar refractivity (Wildman–Crippen MR) is 123 cm³/mol. The Kier molecular flexibility index (Phi) is 5.57. The molecular formula is C23H30N8O. The fourth-order valence-electron chi connectivity index (χ4n) is 4.56. The Morgan fingerprint density at radius 1 is 1.12 bits per heavy atom. The minimum absolute atomic E-state index is 0.102. The third-order valence-electron chi connectivity index (χ3n) is 6.21. The molecule has 2 aromatic rings. The number of hydrogen-bond acceptors (Lipinski definition) is 6. The van der Waals surface area contributed by atoms with Crippen LogP contribution in [0.2, 0.25) is 0 Å². The average Bonchev–Trinajstić information content (AvgIpc) is 3.52. The number of nitrogens with zero attached hydrogens (tertiary/aromatic N) is 4. The largest absolute Gasteiger partial charge is 0.367 e. The van der Waals surface area contributed by atoms with Gasteiger partial charge in [0.05, 0.1) is 18.1 Å². The first-order valence-corrected chi connectivity index (χ1v) is 11.5. The van der Waals surface area contributed by atoms with Crippen LogP contribution in [-0.4, -0.2) is 38.5 Å². The quantitative estimate of drug-likeness (QED) is 0.455. The standard InChI is InChI=1S/C23H30N8O/c1-2-3-5-11-20-26-19-15-24-22(32)31-21(28-29-23(19,31)27-20)12-8-13-30-16-18(14-25-30)17-9-6-4-7-10-17/h4,6-7,9-10,14-16,20,26-27,29H,2-3,5,8,11-13H2,1H3,(H,24,32). The van der Waals surface area contributed by atoms with Crippen LogP contribution in [0.15, 0.2) is 59.7 Å². The molecule has 2 unspecified atom stereocenters.